The van der Waals surface area contributed by atoms with E-state index in [1.165, 1.54) is 11.3 Å². The molecular weight excluding hydrogens is 398 g/mol. The first kappa shape index (κ1) is 18.4. The van der Waals surface area contributed by atoms with Gasteiger partial charge in [-0.1, -0.05) is 28.9 Å². The number of hydrogen-bond acceptors (Lipinski definition) is 6. The normalized spacial score (nSPS) is 11.0. The van der Waals surface area contributed by atoms with Gasteiger partial charge in [-0.2, -0.15) is 5.10 Å². The zero-order valence-corrected chi connectivity index (χ0v) is 16.9. The number of aryl methyl sites for hydroxylation is 3. The SMILES string of the molecule is Cc1nn(C)cc1-c1csc(NC(=O)c2c(-c3ccc(Cl)cc3)noc2C)n1. The summed E-state index contributed by atoms with van der Waals surface area (Å²) >= 11 is 7.29. The van der Waals surface area contributed by atoms with Crippen LogP contribution in [0.25, 0.3) is 22.5 Å². The molecule has 3 aromatic heterocycles. The summed E-state index contributed by atoms with van der Waals surface area (Å²) in [6.07, 6.45) is 1.90. The van der Waals surface area contributed by atoms with Gasteiger partial charge in [-0.3, -0.25) is 14.8 Å². The van der Waals surface area contributed by atoms with Gasteiger partial charge in [0, 0.05) is 34.8 Å². The number of carbonyl (C=O) groups excluding carboxylic acids is 1. The van der Waals surface area contributed by atoms with Crippen molar-refractivity contribution in [1.29, 1.82) is 0 Å². The van der Waals surface area contributed by atoms with Gasteiger partial charge in [0.25, 0.3) is 5.91 Å². The highest BCUT2D eigenvalue weighted by atomic mass is 35.5. The first-order valence-corrected chi connectivity index (χ1v) is 9.68. The number of hydrogen-bond donors (Lipinski definition) is 1. The quantitative estimate of drug-likeness (QED) is 0.523. The van der Waals surface area contributed by atoms with Crippen LogP contribution in [0.5, 0.6) is 0 Å². The average Bonchev–Trinajstić information content (AvgIpc) is 3.34. The van der Waals surface area contributed by atoms with E-state index in [9.17, 15) is 4.79 Å². The number of thiazole rings is 1. The molecule has 28 heavy (non-hydrogen) atoms. The third kappa shape index (κ3) is 3.44. The summed E-state index contributed by atoms with van der Waals surface area (Å²) < 4.78 is 7.00. The van der Waals surface area contributed by atoms with Crippen molar-refractivity contribution in [2.24, 2.45) is 7.05 Å². The van der Waals surface area contributed by atoms with Crippen LogP contribution in [-0.2, 0) is 7.05 Å². The molecule has 0 saturated carbocycles. The Morgan fingerprint density at radius 3 is 2.68 bits per heavy atom. The monoisotopic (exact) mass is 413 g/mol. The number of nitrogens with one attached hydrogen (secondary N) is 1. The minimum atomic E-state index is -0.326. The number of aromatic nitrogens is 4. The number of rotatable bonds is 4. The van der Waals surface area contributed by atoms with Crippen molar-refractivity contribution < 1.29 is 9.32 Å². The predicted octanol–water partition coefficient (Wildman–Crippen LogP) is 4.72. The standard InChI is InChI=1S/C19H16ClN5O2S/c1-10-14(8-25(3)23-10)15-9-28-19(21-15)22-18(26)16-11(2)27-24-17(16)12-4-6-13(20)7-5-12/h4-9H,1-3H3,(H,21,22,26). The van der Waals surface area contributed by atoms with E-state index in [0.29, 0.717) is 27.2 Å². The highest BCUT2D eigenvalue weighted by Gasteiger charge is 2.23. The second kappa shape index (κ2) is 7.21. The molecule has 0 atom stereocenters. The molecule has 9 heteroatoms. The number of nitrogens with zero attached hydrogens (tertiary/aromatic N) is 4. The van der Waals surface area contributed by atoms with Crippen LogP contribution in [0.2, 0.25) is 5.02 Å². The van der Waals surface area contributed by atoms with Gasteiger partial charge >= 0.3 is 0 Å². The van der Waals surface area contributed by atoms with Gasteiger partial charge in [0.05, 0.1) is 11.4 Å². The topological polar surface area (TPSA) is 85.8 Å². The lowest BCUT2D eigenvalue weighted by atomic mass is 10.1. The van der Waals surface area contributed by atoms with Gasteiger partial charge < -0.3 is 4.52 Å². The number of carbonyl (C=O) groups is 1. The highest BCUT2D eigenvalue weighted by Crippen LogP contribution is 2.30. The van der Waals surface area contributed by atoms with E-state index in [1.54, 1.807) is 35.9 Å². The fourth-order valence-electron chi connectivity index (χ4n) is 2.91. The fraction of sp³-hybridized carbons (Fsp3) is 0.158. The zero-order chi connectivity index (χ0) is 19.8. The van der Waals surface area contributed by atoms with Gasteiger partial charge in [-0.15, -0.1) is 11.3 Å². The molecule has 0 fully saturated rings. The van der Waals surface area contributed by atoms with Crippen LogP contribution in [0.3, 0.4) is 0 Å². The van der Waals surface area contributed by atoms with Crippen LogP contribution in [0, 0.1) is 13.8 Å². The lowest BCUT2D eigenvalue weighted by Crippen LogP contribution is -2.13. The molecule has 0 saturated heterocycles. The Morgan fingerprint density at radius 2 is 2.00 bits per heavy atom. The van der Waals surface area contributed by atoms with E-state index < -0.39 is 0 Å². The number of halogens is 1. The molecule has 0 bridgehead atoms. The van der Waals surface area contributed by atoms with E-state index in [1.807, 2.05) is 25.5 Å². The molecule has 0 aliphatic carbocycles. The third-order valence-corrected chi connectivity index (χ3v) is 5.23. The van der Waals surface area contributed by atoms with Gasteiger partial charge in [0.2, 0.25) is 0 Å². The van der Waals surface area contributed by atoms with Gasteiger partial charge in [-0.05, 0) is 26.0 Å². The molecule has 0 aliphatic heterocycles. The fourth-order valence-corrected chi connectivity index (χ4v) is 3.74. The summed E-state index contributed by atoms with van der Waals surface area (Å²) in [5, 5.41) is 14.2. The minimum absolute atomic E-state index is 0.326. The molecule has 7 nitrogen and oxygen atoms in total. The lowest BCUT2D eigenvalue weighted by molar-refractivity contribution is 0.102. The molecule has 3 heterocycles. The van der Waals surface area contributed by atoms with Crippen LogP contribution < -0.4 is 5.32 Å². The molecular formula is C19H16ClN5O2S. The molecule has 1 N–H and O–H groups in total. The van der Waals surface area contributed by atoms with Gasteiger partial charge in [0.1, 0.15) is 17.0 Å². The van der Waals surface area contributed by atoms with Crippen molar-refractivity contribution in [1.82, 2.24) is 19.9 Å². The van der Waals surface area contributed by atoms with Crippen molar-refractivity contribution in [3.63, 3.8) is 0 Å². The number of amides is 1. The van der Waals surface area contributed by atoms with Gasteiger partial charge in [0.15, 0.2) is 5.13 Å². The Labute approximate surface area is 170 Å². The van der Waals surface area contributed by atoms with Crippen LogP contribution in [0.15, 0.2) is 40.4 Å². The van der Waals surface area contributed by atoms with E-state index in [0.717, 1.165) is 22.5 Å². The molecule has 4 rings (SSSR count). The zero-order valence-electron chi connectivity index (χ0n) is 15.4. The van der Waals surface area contributed by atoms with Crippen molar-refractivity contribution >= 4 is 34.0 Å². The van der Waals surface area contributed by atoms with Crippen molar-refractivity contribution in [3.8, 4) is 22.5 Å². The first-order chi connectivity index (χ1) is 13.4. The van der Waals surface area contributed by atoms with Crippen molar-refractivity contribution in [2.45, 2.75) is 13.8 Å². The van der Waals surface area contributed by atoms with E-state index in [-0.39, 0.29) is 5.91 Å². The number of anilines is 1. The van der Waals surface area contributed by atoms with E-state index >= 15 is 0 Å². The largest absolute Gasteiger partial charge is 0.360 e. The molecule has 0 spiro atoms. The predicted molar refractivity (Wildman–Crippen MR) is 109 cm³/mol. The molecule has 4 aromatic rings. The average molecular weight is 414 g/mol. The summed E-state index contributed by atoms with van der Waals surface area (Å²) in [6, 6.07) is 7.07. The summed E-state index contributed by atoms with van der Waals surface area (Å²) in [6.45, 7) is 3.62. The molecule has 0 radical (unpaired) electrons. The second-order valence-electron chi connectivity index (χ2n) is 6.26. The summed E-state index contributed by atoms with van der Waals surface area (Å²) in [5.41, 5.74) is 4.17. The van der Waals surface area contributed by atoms with E-state index in [4.69, 9.17) is 16.1 Å². The van der Waals surface area contributed by atoms with Crippen LogP contribution >= 0.6 is 22.9 Å². The highest BCUT2D eigenvalue weighted by molar-refractivity contribution is 7.14. The smallest absolute Gasteiger partial charge is 0.263 e. The second-order valence-corrected chi connectivity index (χ2v) is 7.56. The Balaban J connectivity index is 1.61. The molecule has 1 amide bonds. The first-order valence-electron chi connectivity index (χ1n) is 8.42. The van der Waals surface area contributed by atoms with E-state index in [2.05, 4.69) is 20.6 Å². The van der Waals surface area contributed by atoms with Crippen LogP contribution in [0.1, 0.15) is 21.8 Å². The lowest BCUT2D eigenvalue weighted by Gasteiger charge is -2.03. The Morgan fingerprint density at radius 1 is 1.25 bits per heavy atom. The van der Waals surface area contributed by atoms with Crippen LogP contribution in [-0.4, -0.2) is 25.8 Å². The Hall–Kier alpha value is -2.97. The summed E-state index contributed by atoms with van der Waals surface area (Å²) in [5.74, 6) is 0.106. The summed E-state index contributed by atoms with van der Waals surface area (Å²) in [4.78, 5) is 17.4. The molecule has 1 aromatic carbocycles. The molecule has 142 valence electrons. The minimum Gasteiger partial charge on any atom is -0.360 e. The maximum absolute atomic E-state index is 12.9. The third-order valence-electron chi connectivity index (χ3n) is 4.22. The maximum atomic E-state index is 12.9. The Kier molecular flexibility index (Phi) is 4.74. The molecule has 0 unspecified atom stereocenters. The van der Waals surface area contributed by atoms with Gasteiger partial charge in [-0.25, -0.2) is 4.98 Å². The Bertz CT molecular complexity index is 1160. The molecule has 0 aliphatic rings. The van der Waals surface area contributed by atoms with Crippen molar-refractivity contribution in [2.75, 3.05) is 5.32 Å². The number of benzene rings is 1. The van der Waals surface area contributed by atoms with Crippen molar-refractivity contribution in [3.05, 3.63) is 57.9 Å². The summed E-state index contributed by atoms with van der Waals surface area (Å²) in [7, 11) is 1.86. The van der Waals surface area contributed by atoms with Crippen LogP contribution in [0.4, 0.5) is 5.13 Å². The maximum Gasteiger partial charge on any atom is 0.263 e.